The Kier molecular flexibility index (Phi) is 4.21. The van der Waals surface area contributed by atoms with Crippen molar-refractivity contribution < 1.29 is 4.74 Å². The van der Waals surface area contributed by atoms with Gasteiger partial charge in [0.2, 0.25) is 0 Å². The molecule has 1 atom stereocenters. The van der Waals surface area contributed by atoms with Crippen molar-refractivity contribution in [2.45, 2.75) is 32.7 Å². The van der Waals surface area contributed by atoms with Gasteiger partial charge >= 0.3 is 0 Å². The number of aryl methyl sites for hydroxylation is 1. The van der Waals surface area contributed by atoms with E-state index in [0.29, 0.717) is 6.61 Å². The summed E-state index contributed by atoms with van der Waals surface area (Å²) < 4.78 is 7.93. The molecule has 1 aliphatic rings. The SMILES string of the molecule is Cc1nc(CNCC2Cn3nnc(-c4ccsc4)c3CO2)cs1. The maximum absolute atomic E-state index is 5.97. The standard InChI is InChI=1S/C15H17N5OS2/c1-10-17-12(9-23-10)4-16-5-13-6-20-14(7-21-13)15(18-19-20)11-2-3-22-8-11/h2-3,8-9,13,16H,4-7H2,1H3. The maximum atomic E-state index is 5.97. The fourth-order valence-electron chi connectivity index (χ4n) is 2.66. The van der Waals surface area contributed by atoms with E-state index in [9.17, 15) is 0 Å². The van der Waals surface area contributed by atoms with Crippen LogP contribution in [0.1, 0.15) is 16.4 Å². The minimum atomic E-state index is 0.110. The molecule has 0 radical (unpaired) electrons. The number of fused-ring (bicyclic) bond motifs is 1. The summed E-state index contributed by atoms with van der Waals surface area (Å²) in [7, 11) is 0. The average molecular weight is 347 g/mol. The van der Waals surface area contributed by atoms with Crippen LogP contribution in [0.2, 0.25) is 0 Å². The first-order valence-corrected chi connectivity index (χ1v) is 9.30. The van der Waals surface area contributed by atoms with Gasteiger partial charge in [-0.2, -0.15) is 11.3 Å². The maximum Gasteiger partial charge on any atom is 0.119 e. The van der Waals surface area contributed by atoms with E-state index in [1.807, 2.05) is 11.6 Å². The number of rotatable bonds is 5. The lowest BCUT2D eigenvalue weighted by atomic mass is 10.2. The predicted molar refractivity (Wildman–Crippen MR) is 90.5 cm³/mol. The smallest absolute Gasteiger partial charge is 0.119 e. The lowest BCUT2D eigenvalue weighted by molar-refractivity contribution is 0.00122. The molecule has 0 spiro atoms. The Balaban J connectivity index is 1.36. The normalized spacial score (nSPS) is 17.3. The quantitative estimate of drug-likeness (QED) is 0.768. The number of nitrogens with zero attached hydrogens (tertiary/aromatic N) is 4. The van der Waals surface area contributed by atoms with Crippen molar-refractivity contribution in [3.8, 4) is 11.3 Å². The van der Waals surface area contributed by atoms with E-state index in [0.717, 1.165) is 47.3 Å². The molecule has 23 heavy (non-hydrogen) atoms. The van der Waals surface area contributed by atoms with Crippen molar-refractivity contribution in [2.75, 3.05) is 6.54 Å². The number of hydrogen-bond acceptors (Lipinski definition) is 7. The molecule has 0 fully saturated rings. The molecule has 0 amide bonds. The van der Waals surface area contributed by atoms with Gasteiger partial charge in [-0.25, -0.2) is 9.67 Å². The molecule has 1 N–H and O–H groups in total. The Bertz CT molecular complexity index is 780. The lowest BCUT2D eigenvalue weighted by Gasteiger charge is -2.24. The minimum Gasteiger partial charge on any atom is -0.369 e. The van der Waals surface area contributed by atoms with E-state index >= 15 is 0 Å². The molecule has 3 aromatic rings. The van der Waals surface area contributed by atoms with Crippen LogP contribution in [0.3, 0.4) is 0 Å². The number of ether oxygens (including phenoxy) is 1. The van der Waals surface area contributed by atoms with Crippen LogP contribution in [0.15, 0.2) is 22.2 Å². The van der Waals surface area contributed by atoms with Gasteiger partial charge in [0.1, 0.15) is 5.69 Å². The monoisotopic (exact) mass is 347 g/mol. The third kappa shape index (κ3) is 3.20. The second kappa shape index (κ2) is 6.48. The van der Waals surface area contributed by atoms with Gasteiger partial charge in [-0.1, -0.05) is 5.21 Å². The molecule has 8 heteroatoms. The molecular formula is C15H17N5OS2. The molecule has 0 aliphatic carbocycles. The summed E-state index contributed by atoms with van der Waals surface area (Å²) in [5.74, 6) is 0. The molecule has 3 aromatic heterocycles. The molecule has 4 heterocycles. The average Bonchev–Trinajstić information content (AvgIpc) is 3.27. The summed E-state index contributed by atoms with van der Waals surface area (Å²) in [5.41, 5.74) is 4.21. The van der Waals surface area contributed by atoms with Gasteiger partial charge in [0.05, 0.1) is 35.7 Å². The molecule has 120 valence electrons. The number of thiazole rings is 1. The molecule has 6 nitrogen and oxygen atoms in total. The summed E-state index contributed by atoms with van der Waals surface area (Å²) >= 11 is 3.35. The zero-order valence-electron chi connectivity index (χ0n) is 12.7. The Labute approximate surface area is 142 Å². The zero-order valence-corrected chi connectivity index (χ0v) is 14.4. The van der Waals surface area contributed by atoms with Crippen LogP contribution in [-0.2, 0) is 24.4 Å². The Morgan fingerprint density at radius 2 is 2.39 bits per heavy atom. The molecule has 1 unspecified atom stereocenters. The zero-order chi connectivity index (χ0) is 15.6. The van der Waals surface area contributed by atoms with Crippen LogP contribution in [0, 0.1) is 6.92 Å². The molecular weight excluding hydrogens is 330 g/mol. The van der Waals surface area contributed by atoms with Crippen LogP contribution in [0.25, 0.3) is 11.3 Å². The van der Waals surface area contributed by atoms with Crippen LogP contribution in [0.5, 0.6) is 0 Å². The second-order valence-corrected chi connectivity index (χ2v) is 7.34. The van der Waals surface area contributed by atoms with Crippen molar-refractivity contribution in [2.24, 2.45) is 0 Å². The highest BCUT2D eigenvalue weighted by Crippen LogP contribution is 2.26. The van der Waals surface area contributed by atoms with E-state index in [-0.39, 0.29) is 6.10 Å². The molecule has 0 bridgehead atoms. The summed E-state index contributed by atoms with van der Waals surface area (Å²) in [6.07, 6.45) is 0.110. The topological polar surface area (TPSA) is 64.9 Å². The van der Waals surface area contributed by atoms with Crippen molar-refractivity contribution in [1.29, 1.82) is 0 Å². The molecule has 4 rings (SSSR count). The Morgan fingerprint density at radius 1 is 1.43 bits per heavy atom. The summed E-state index contributed by atoms with van der Waals surface area (Å²) in [6, 6.07) is 2.07. The number of hydrogen-bond donors (Lipinski definition) is 1. The fraction of sp³-hybridized carbons (Fsp3) is 0.400. The fourth-order valence-corrected chi connectivity index (χ4v) is 3.92. The largest absolute Gasteiger partial charge is 0.369 e. The summed E-state index contributed by atoms with van der Waals surface area (Å²) in [6.45, 7) is 4.86. The van der Waals surface area contributed by atoms with Gasteiger partial charge in [-0.15, -0.1) is 16.4 Å². The summed E-state index contributed by atoms with van der Waals surface area (Å²) in [5, 5.41) is 19.3. The van der Waals surface area contributed by atoms with E-state index in [4.69, 9.17) is 4.74 Å². The van der Waals surface area contributed by atoms with E-state index in [1.165, 1.54) is 0 Å². The van der Waals surface area contributed by atoms with Crippen LogP contribution in [-0.4, -0.2) is 32.6 Å². The molecule has 0 aromatic carbocycles. The van der Waals surface area contributed by atoms with Crippen LogP contribution >= 0.6 is 22.7 Å². The number of thiophene rings is 1. The minimum absolute atomic E-state index is 0.110. The van der Waals surface area contributed by atoms with E-state index < -0.39 is 0 Å². The lowest BCUT2D eigenvalue weighted by Crippen LogP contribution is -2.36. The summed E-state index contributed by atoms with van der Waals surface area (Å²) in [4.78, 5) is 4.45. The third-order valence-electron chi connectivity index (χ3n) is 3.81. The van der Waals surface area contributed by atoms with Crippen LogP contribution < -0.4 is 5.32 Å². The number of nitrogens with one attached hydrogen (secondary N) is 1. The Hall–Kier alpha value is -1.61. The predicted octanol–water partition coefficient (Wildman–Crippen LogP) is 2.46. The molecule has 1 aliphatic heterocycles. The Morgan fingerprint density at radius 3 is 3.17 bits per heavy atom. The highest BCUT2D eigenvalue weighted by Gasteiger charge is 2.24. The van der Waals surface area contributed by atoms with Gasteiger partial charge in [-0.05, 0) is 18.4 Å². The first-order chi connectivity index (χ1) is 11.3. The van der Waals surface area contributed by atoms with Gasteiger partial charge < -0.3 is 10.1 Å². The van der Waals surface area contributed by atoms with Gasteiger partial charge in [0.25, 0.3) is 0 Å². The van der Waals surface area contributed by atoms with Crippen molar-refractivity contribution in [1.82, 2.24) is 25.3 Å². The van der Waals surface area contributed by atoms with E-state index in [1.54, 1.807) is 22.7 Å². The highest BCUT2D eigenvalue weighted by molar-refractivity contribution is 7.09. The van der Waals surface area contributed by atoms with Crippen molar-refractivity contribution >= 4 is 22.7 Å². The number of aromatic nitrogens is 4. The van der Waals surface area contributed by atoms with Gasteiger partial charge in [0, 0.05) is 29.4 Å². The van der Waals surface area contributed by atoms with Crippen LogP contribution in [0.4, 0.5) is 0 Å². The van der Waals surface area contributed by atoms with Gasteiger partial charge in [0.15, 0.2) is 0 Å². The van der Waals surface area contributed by atoms with Crippen molar-refractivity contribution in [3.63, 3.8) is 0 Å². The van der Waals surface area contributed by atoms with E-state index in [2.05, 4.69) is 42.8 Å². The van der Waals surface area contributed by atoms with Crippen molar-refractivity contribution in [3.05, 3.63) is 38.6 Å². The third-order valence-corrected chi connectivity index (χ3v) is 5.31. The molecule has 0 saturated carbocycles. The second-order valence-electron chi connectivity index (χ2n) is 5.50. The first-order valence-electron chi connectivity index (χ1n) is 7.48. The first kappa shape index (κ1) is 14.9. The molecule has 0 saturated heterocycles. The highest BCUT2D eigenvalue weighted by atomic mass is 32.1. The van der Waals surface area contributed by atoms with Gasteiger partial charge in [-0.3, -0.25) is 0 Å².